The van der Waals surface area contributed by atoms with Crippen LogP contribution in [-0.2, 0) is 10.3 Å². The first-order chi connectivity index (χ1) is 9.51. The van der Waals surface area contributed by atoms with Gasteiger partial charge in [-0.05, 0) is 44.9 Å². The number of imidazole rings is 1. The molecule has 1 aromatic carbocycles. The first-order valence-electron chi connectivity index (χ1n) is 6.91. The van der Waals surface area contributed by atoms with Gasteiger partial charge in [0.25, 0.3) is 0 Å². The number of aromatic nitrogens is 2. The zero-order valence-corrected chi connectivity index (χ0v) is 13.2. The van der Waals surface area contributed by atoms with E-state index in [-0.39, 0.29) is 10.9 Å². The third-order valence-electron chi connectivity index (χ3n) is 3.96. The first kappa shape index (κ1) is 14.2. The molecule has 2 atom stereocenters. The molecule has 0 radical (unpaired) electrons. The van der Waals surface area contributed by atoms with Gasteiger partial charge in [0.15, 0.2) is 0 Å². The SMILES string of the molecule is CC(Cl)c1nc2cc(Cl)ccc2n1C1(C)CCCOC1. The summed E-state index contributed by atoms with van der Waals surface area (Å²) in [6, 6.07) is 5.81. The Morgan fingerprint density at radius 3 is 2.90 bits per heavy atom. The lowest BCUT2D eigenvalue weighted by Crippen LogP contribution is -2.40. The maximum atomic E-state index is 6.34. The van der Waals surface area contributed by atoms with Gasteiger partial charge in [0, 0.05) is 11.6 Å². The lowest BCUT2D eigenvalue weighted by Gasteiger charge is -2.37. The number of fused-ring (bicyclic) bond motifs is 1. The van der Waals surface area contributed by atoms with Crippen LogP contribution in [0.15, 0.2) is 18.2 Å². The number of hydrogen-bond acceptors (Lipinski definition) is 2. The molecule has 1 aliphatic rings. The van der Waals surface area contributed by atoms with Crippen molar-refractivity contribution in [3.05, 3.63) is 29.0 Å². The Balaban J connectivity index is 2.23. The van der Waals surface area contributed by atoms with E-state index in [9.17, 15) is 0 Å². The smallest absolute Gasteiger partial charge is 0.128 e. The van der Waals surface area contributed by atoms with Gasteiger partial charge in [-0.25, -0.2) is 4.98 Å². The summed E-state index contributed by atoms with van der Waals surface area (Å²) in [6.07, 6.45) is 2.12. The summed E-state index contributed by atoms with van der Waals surface area (Å²) in [4.78, 5) is 4.68. The molecule has 0 aliphatic carbocycles. The molecule has 0 saturated carbocycles. The molecular formula is C15H18Cl2N2O. The van der Waals surface area contributed by atoms with Gasteiger partial charge >= 0.3 is 0 Å². The van der Waals surface area contributed by atoms with Crippen LogP contribution in [0.25, 0.3) is 11.0 Å². The highest BCUT2D eigenvalue weighted by atomic mass is 35.5. The Hall–Kier alpha value is -0.770. The van der Waals surface area contributed by atoms with Crippen LogP contribution < -0.4 is 0 Å². The van der Waals surface area contributed by atoms with Crippen LogP contribution in [0.1, 0.15) is 37.9 Å². The van der Waals surface area contributed by atoms with E-state index in [1.165, 1.54) is 0 Å². The second-order valence-corrected chi connectivity index (χ2v) is 6.80. The van der Waals surface area contributed by atoms with Crippen LogP contribution in [0.3, 0.4) is 0 Å². The van der Waals surface area contributed by atoms with Crippen molar-refractivity contribution in [1.29, 1.82) is 0 Å². The number of ether oxygens (including phenoxy) is 1. The van der Waals surface area contributed by atoms with E-state index >= 15 is 0 Å². The van der Waals surface area contributed by atoms with Crippen molar-refractivity contribution < 1.29 is 4.74 Å². The van der Waals surface area contributed by atoms with Gasteiger partial charge in [-0.2, -0.15) is 0 Å². The van der Waals surface area contributed by atoms with Crippen LogP contribution in [0.2, 0.25) is 5.02 Å². The lowest BCUT2D eigenvalue weighted by molar-refractivity contribution is 0.0101. The molecule has 0 spiro atoms. The molecule has 2 heterocycles. The third kappa shape index (κ3) is 2.32. The fourth-order valence-electron chi connectivity index (χ4n) is 3.00. The fraction of sp³-hybridized carbons (Fsp3) is 0.533. The zero-order valence-electron chi connectivity index (χ0n) is 11.7. The Kier molecular flexibility index (Phi) is 3.69. The average molecular weight is 313 g/mol. The topological polar surface area (TPSA) is 27.1 Å². The highest BCUT2D eigenvalue weighted by molar-refractivity contribution is 6.31. The quantitative estimate of drug-likeness (QED) is 0.763. The van der Waals surface area contributed by atoms with Crippen LogP contribution in [-0.4, -0.2) is 22.8 Å². The molecule has 3 nitrogen and oxygen atoms in total. The highest BCUT2D eigenvalue weighted by Gasteiger charge is 2.34. The molecule has 1 saturated heterocycles. The summed E-state index contributed by atoms with van der Waals surface area (Å²) in [7, 11) is 0. The van der Waals surface area contributed by atoms with E-state index < -0.39 is 0 Å². The molecular weight excluding hydrogens is 295 g/mol. The zero-order chi connectivity index (χ0) is 14.3. The van der Waals surface area contributed by atoms with Gasteiger partial charge in [-0.3, -0.25) is 0 Å². The van der Waals surface area contributed by atoms with Gasteiger partial charge in [-0.15, -0.1) is 11.6 Å². The number of halogens is 2. The number of benzene rings is 1. The van der Waals surface area contributed by atoms with Crippen molar-refractivity contribution in [3.63, 3.8) is 0 Å². The van der Waals surface area contributed by atoms with Gasteiger partial charge in [-0.1, -0.05) is 11.6 Å². The molecule has 0 bridgehead atoms. The molecule has 1 aliphatic heterocycles. The second kappa shape index (κ2) is 5.21. The van der Waals surface area contributed by atoms with Crippen molar-refractivity contribution >= 4 is 34.2 Å². The summed E-state index contributed by atoms with van der Waals surface area (Å²) in [5.41, 5.74) is 1.87. The van der Waals surface area contributed by atoms with E-state index in [1.54, 1.807) is 0 Å². The molecule has 5 heteroatoms. The summed E-state index contributed by atoms with van der Waals surface area (Å²) in [5, 5.41) is 0.542. The Bertz CT molecular complexity index is 630. The van der Waals surface area contributed by atoms with E-state index in [4.69, 9.17) is 27.9 Å². The molecule has 2 aromatic rings. The van der Waals surface area contributed by atoms with Crippen molar-refractivity contribution in [2.45, 2.75) is 37.6 Å². The van der Waals surface area contributed by atoms with Crippen molar-refractivity contribution in [2.75, 3.05) is 13.2 Å². The molecule has 20 heavy (non-hydrogen) atoms. The van der Waals surface area contributed by atoms with Crippen LogP contribution in [0.5, 0.6) is 0 Å². The predicted molar refractivity (Wildman–Crippen MR) is 82.7 cm³/mol. The van der Waals surface area contributed by atoms with E-state index in [0.29, 0.717) is 11.6 Å². The molecule has 1 fully saturated rings. The molecule has 0 N–H and O–H groups in total. The maximum Gasteiger partial charge on any atom is 0.128 e. The van der Waals surface area contributed by atoms with E-state index in [2.05, 4.69) is 16.5 Å². The fourth-order valence-corrected chi connectivity index (χ4v) is 3.31. The number of hydrogen-bond donors (Lipinski definition) is 0. The average Bonchev–Trinajstić information content (AvgIpc) is 2.79. The predicted octanol–water partition coefficient (Wildman–Crippen LogP) is 4.52. The van der Waals surface area contributed by atoms with E-state index in [1.807, 2.05) is 25.1 Å². The summed E-state index contributed by atoms with van der Waals surface area (Å²) in [6.45, 7) is 5.69. The minimum absolute atomic E-state index is 0.0979. The number of alkyl halides is 1. The largest absolute Gasteiger partial charge is 0.379 e. The minimum Gasteiger partial charge on any atom is -0.379 e. The van der Waals surface area contributed by atoms with Crippen LogP contribution in [0.4, 0.5) is 0 Å². The van der Waals surface area contributed by atoms with Crippen LogP contribution in [0, 0.1) is 0 Å². The highest BCUT2D eigenvalue weighted by Crippen LogP contribution is 2.36. The molecule has 0 amide bonds. The Labute approximate surface area is 128 Å². The number of rotatable bonds is 2. The Morgan fingerprint density at radius 2 is 2.25 bits per heavy atom. The van der Waals surface area contributed by atoms with Crippen LogP contribution >= 0.6 is 23.2 Å². The molecule has 3 rings (SSSR count). The number of nitrogens with zero attached hydrogens (tertiary/aromatic N) is 2. The van der Waals surface area contributed by atoms with Gasteiger partial charge in [0.05, 0.1) is 28.6 Å². The van der Waals surface area contributed by atoms with E-state index in [0.717, 1.165) is 36.3 Å². The minimum atomic E-state index is -0.153. The summed E-state index contributed by atoms with van der Waals surface area (Å²) in [5.74, 6) is 0.886. The summed E-state index contributed by atoms with van der Waals surface area (Å²) < 4.78 is 7.94. The second-order valence-electron chi connectivity index (χ2n) is 5.71. The van der Waals surface area contributed by atoms with Gasteiger partial charge in [0.1, 0.15) is 5.82 Å². The van der Waals surface area contributed by atoms with Gasteiger partial charge < -0.3 is 9.30 Å². The van der Waals surface area contributed by atoms with Crippen molar-refractivity contribution in [3.8, 4) is 0 Å². The summed E-state index contributed by atoms with van der Waals surface area (Å²) >= 11 is 12.4. The standard InChI is InChI=1S/C15H18Cl2N2O/c1-10(16)14-18-12-8-11(17)4-5-13(12)19(14)15(2)6-3-7-20-9-15/h4-5,8,10H,3,6-7,9H2,1-2H3. The lowest BCUT2D eigenvalue weighted by atomic mass is 9.94. The third-order valence-corrected chi connectivity index (χ3v) is 4.39. The molecule has 1 aromatic heterocycles. The molecule has 2 unspecified atom stereocenters. The maximum absolute atomic E-state index is 6.34. The normalized spacial score (nSPS) is 25.0. The monoisotopic (exact) mass is 312 g/mol. The van der Waals surface area contributed by atoms with Crippen molar-refractivity contribution in [1.82, 2.24) is 9.55 Å². The van der Waals surface area contributed by atoms with Gasteiger partial charge in [0.2, 0.25) is 0 Å². The Morgan fingerprint density at radius 1 is 1.45 bits per heavy atom. The molecule has 108 valence electrons. The van der Waals surface area contributed by atoms with Crippen molar-refractivity contribution in [2.24, 2.45) is 0 Å². The first-order valence-corrected chi connectivity index (χ1v) is 7.73.